The molecule has 1 fully saturated rings. The number of β-amino-alcohol motifs (C(OH)–C–C–N with tert-alkyl or cyclic N) is 1. The van der Waals surface area contributed by atoms with E-state index in [9.17, 15) is 5.11 Å². The smallest absolute Gasteiger partial charge is 0.138 e. The molecule has 26 heavy (non-hydrogen) atoms. The van der Waals surface area contributed by atoms with E-state index in [2.05, 4.69) is 21.9 Å². The first-order valence-electron chi connectivity index (χ1n) is 8.82. The summed E-state index contributed by atoms with van der Waals surface area (Å²) < 4.78 is 10.8. The van der Waals surface area contributed by atoms with E-state index in [0.29, 0.717) is 17.3 Å². The number of anilines is 1. The minimum atomic E-state index is -0.543. The number of ether oxygens (including phenoxy) is 2. The maximum atomic E-state index is 10.3. The Labute approximate surface area is 159 Å². The molecule has 1 atom stereocenters. The maximum Gasteiger partial charge on any atom is 0.138 e. The molecule has 1 aliphatic rings. The molecular formula is C20H25ClN2O3. The van der Waals surface area contributed by atoms with Gasteiger partial charge >= 0.3 is 0 Å². The van der Waals surface area contributed by atoms with E-state index >= 15 is 0 Å². The molecule has 0 spiro atoms. The lowest BCUT2D eigenvalue weighted by molar-refractivity contribution is 0.0663. The number of halogens is 1. The molecule has 0 radical (unpaired) electrons. The molecular weight excluding hydrogens is 352 g/mol. The van der Waals surface area contributed by atoms with Gasteiger partial charge in [0, 0.05) is 38.4 Å². The largest absolute Gasteiger partial charge is 0.497 e. The summed E-state index contributed by atoms with van der Waals surface area (Å²) in [6.45, 7) is 4.53. The molecule has 1 aliphatic heterocycles. The number of para-hydroxylation sites is 1. The molecule has 5 nitrogen and oxygen atoms in total. The topological polar surface area (TPSA) is 45.2 Å². The summed E-state index contributed by atoms with van der Waals surface area (Å²) in [7, 11) is 1.68. The number of hydrogen-bond acceptors (Lipinski definition) is 5. The fourth-order valence-electron chi connectivity index (χ4n) is 3.08. The Morgan fingerprint density at radius 3 is 2.38 bits per heavy atom. The number of methoxy groups -OCH3 is 1. The second kappa shape index (κ2) is 9.12. The predicted octanol–water partition coefficient (Wildman–Crippen LogP) is 2.91. The number of hydrogen-bond donors (Lipinski definition) is 1. The van der Waals surface area contributed by atoms with Crippen molar-refractivity contribution in [2.24, 2.45) is 0 Å². The quantitative estimate of drug-likeness (QED) is 0.805. The second-order valence-corrected chi connectivity index (χ2v) is 6.79. The summed E-state index contributed by atoms with van der Waals surface area (Å²) in [5.41, 5.74) is 1.20. The zero-order valence-corrected chi connectivity index (χ0v) is 15.7. The molecule has 1 N–H and O–H groups in total. The van der Waals surface area contributed by atoms with E-state index in [1.165, 1.54) is 5.69 Å². The Bertz CT molecular complexity index is 688. The zero-order valence-electron chi connectivity index (χ0n) is 15.0. The van der Waals surface area contributed by atoms with Gasteiger partial charge in [-0.3, -0.25) is 4.90 Å². The van der Waals surface area contributed by atoms with Gasteiger partial charge in [0.1, 0.15) is 24.2 Å². The number of nitrogens with zero attached hydrogens (tertiary/aromatic N) is 2. The van der Waals surface area contributed by atoms with E-state index in [1.807, 2.05) is 30.3 Å². The van der Waals surface area contributed by atoms with Gasteiger partial charge in [-0.1, -0.05) is 23.7 Å². The third-order valence-corrected chi connectivity index (χ3v) is 4.86. The number of rotatable bonds is 7. The van der Waals surface area contributed by atoms with Crippen LogP contribution in [0.25, 0.3) is 0 Å². The first-order chi connectivity index (χ1) is 12.7. The molecule has 1 heterocycles. The highest BCUT2D eigenvalue weighted by Crippen LogP contribution is 2.23. The lowest BCUT2D eigenvalue weighted by atomic mass is 10.2. The second-order valence-electron chi connectivity index (χ2n) is 6.38. The summed E-state index contributed by atoms with van der Waals surface area (Å²) in [5, 5.41) is 10.8. The Morgan fingerprint density at radius 2 is 1.73 bits per heavy atom. The molecule has 3 rings (SSSR count). The van der Waals surface area contributed by atoms with E-state index < -0.39 is 6.10 Å². The Balaban J connectivity index is 1.42. The van der Waals surface area contributed by atoms with E-state index in [-0.39, 0.29) is 6.61 Å². The van der Waals surface area contributed by atoms with Gasteiger partial charge in [0.05, 0.1) is 12.1 Å². The van der Waals surface area contributed by atoms with Gasteiger partial charge in [0.25, 0.3) is 0 Å². The van der Waals surface area contributed by atoms with Gasteiger partial charge in [0.15, 0.2) is 0 Å². The van der Waals surface area contributed by atoms with Crippen LogP contribution in [-0.2, 0) is 0 Å². The Kier molecular flexibility index (Phi) is 6.61. The molecule has 0 aliphatic carbocycles. The highest BCUT2D eigenvalue weighted by atomic mass is 35.5. The van der Waals surface area contributed by atoms with Crippen molar-refractivity contribution in [3.63, 3.8) is 0 Å². The predicted molar refractivity (Wildman–Crippen MR) is 105 cm³/mol. The van der Waals surface area contributed by atoms with Crippen LogP contribution in [0.4, 0.5) is 5.69 Å². The van der Waals surface area contributed by atoms with E-state index in [1.54, 1.807) is 13.2 Å². The van der Waals surface area contributed by atoms with Crippen LogP contribution in [0.15, 0.2) is 48.5 Å². The monoisotopic (exact) mass is 376 g/mol. The van der Waals surface area contributed by atoms with Crippen LogP contribution in [0.5, 0.6) is 11.5 Å². The van der Waals surface area contributed by atoms with Crippen molar-refractivity contribution < 1.29 is 14.6 Å². The lowest BCUT2D eigenvalue weighted by Gasteiger charge is -2.36. The minimum Gasteiger partial charge on any atom is -0.497 e. The van der Waals surface area contributed by atoms with Crippen LogP contribution in [0.2, 0.25) is 5.02 Å². The summed E-state index contributed by atoms with van der Waals surface area (Å²) in [6, 6.07) is 15.4. The Morgan fingerprint density at radius 1 is 1.04 bits per heavy atom. The van der Waals surface area contributed by atoms with Crippen LogP contribution >= 0.6 is 11.6 Å². The molecule has 2 aromatic carbocycles. The molecule has 140 valence electrons. The molecule has 0 aromatic heterocycles. The molecule has 6 heteroatoms. The summed E-state index contributed by atoms with van der Waals surface area (Å²) in [5.74, 6) is 1.48. The van der Waals surface area contributed by atoms with Crippen LogP contribution in [0.1, 0.15) is 0 Å². The average molecular weight is 377 g/mol. The van der Waals surface area contributed by atoms with Gasteiger partial charge in [-0.15, -0.1) is 0 Å². The first-order valence-corrected chi connectivity index (χ1v) is 9.20. The molecule has 0 amide bonds. The van der Waals surface area contributed by atoms with Crippen LogP contribution < -0.4 is 14.4 Å². The van der Waals surface area contributed by atoms with Crippen molar-refractivity contribution in [2.45, 2.75) is 6.10 Å². The Hall–Kier alpha value is -1.95. The molecule has 0 saturated carbocycles. The number of piperazine rings is 1. The zero-order chi connectivity index (χ0) is 18.4. The van der Waals surface area contributed by atoms with Gasteiger partial charge in [-0.05, 0) is 36.4 Å². The van der Waals surface area contributed by atoms with Crippen molar-refractivity contribution >= 4 is 17.3 Å². The summed E-state index contributed by atoms with van der Waals surface area (Å²) in [6.07, 6.45) is -0.543. The highest BCUT2D eigenvalue weighted by Gasteiger charge is 2.20. The average Bonchev–Trinajstić information content (AvgIpc) is 2.68. The lowest BCUT2D eigenvalue weighted by Crippen LogP contribution is -2.49. The maximum absolute atomic E-state index is 10.3. The fraction of sp³-hybridized carbons (Fsp3) is 0.400. The van der Waals surface area contributed by atoms with Crippen LogP contribution in [0, 0.1) is 0 Å². The van der Waals surface area contributed by atoms with Crippen molar-refractivity contribution in [1.82, 2.24) is 4.90 Å². The molecule has 2 aromatic rings. The number of aliphatic hydroxyl groups is 1. The molecule has 0 bridgehead atoms. The number of aliphatic hydroxyl groups excluding tert-OH is 1. The molecule has 1 saturated heterocycles. The van der Waals surface area contributed by atoms with Crippen molar-refractivity contribution in [1.29, 1.82) is 0 Å². The normalized spacial score (nSPS) is 16.3. The van der Waals surface area contributed by atoms with E-state index in [0.717, 1.165) is 31.9 Å². The third kappa shape index (κ3) is 5.04. The van der Waals surface area contributed by atoms with Gasteiger partial charge in [-0.25, -0.2) is 0 Å². The molecule has 1 unspecified atom stereocenters. The van der Waals surface area contributed by atoms with Crippen LogP contribution in [0.3, 0.4) is 0 Å². The highest BCUT2D eigenvalue weighted by molar-refractivity contribution is 6.32. The summed E-state index contributed by atoms with van der Waals surface area (Å²) >= 11 is 6.06. The SMILES string of the molecule is COc1ccc(N2CCN(CC(O)COc3ccccc3Cl)CC2)cc1. The third-order valence-electron chi connectivity index (χ3n) is 4.55. The van der Waals surface area contributed by atoms with Gasteiger partial charge in [-0.2, -0.15) is 0 Å². The van der Waals surface area contributed by atoms with Crippen molar-refractivity contribution in [2.75, 3.05) is 51.3 Å². The summed E-state index contributed by atoms with van der Waals surface area (Å²) in [4.78, 5) is 4.61. The van der Waals surface area contributed by atoms with Crippen molar-refractivity contribution in [3.05, 3.63) is 53.6 Å². The van der Waals surface area contributed by atoms with E-state index in [4.69, 9.17) is 21.1 Å². The minimum absolute atomic E-state index is 0.239. The first kappa shape index (κ1) is 18.8. The number of benzene rings is 2. The van der Waals surface area contributed by atoms with Gasteiger partial charge < -0.3 is 19.5 Å². The van der Waals surface area contributed by atoms with Crippen LogP contribution in [-0.4, -0.2) is 62.6 Å². The van der Waals surface area contributed by atoms with Crippen molar-refractivity contribution in [3.8, 4) is 11.5 Å². The standard InChI is InChI=1S/C20H25ClN2O3/c1-25-18-8-6-16(7-9-18)23-12-10-22(11-13-23)14-17(24)15-26-20-5-3-2-4-19(20)21/h2-9,17,24H,10-15H2,1H3. The van der Waals surface area contributed by atoms with Gasteiger partial charge in [0.2, 0.25) is 0 Å². The fourth-order valence-corrected chi connectivity index (χ4v) is 3.27.